The lowest BCUT2D eigenvalue weighted by Gasteiger charge is -2.34. The van der Waals surface area contributed by atoms with Crippen LogP contribution in [-0.4, -0.2) is 17.9 Å². The number of rotatable bonds is 6. The average molecular weight is 538 g/mol. The maximum absolute atomic E-state index is 13.9. The Morgan fingerprint density at radius 1 is 0.868 bits per heavy atom. The summed E-state index contributed by atoms with van der Waals surface area (Å²) in [4.78, 5) is 25.7. The molecule has 0 aromatic heterocycles. The van der Waals surface area contributed by atoms with Crippen LogP contribution in [0, 0.1) is 17.0 Å². The fourth-order valence-corrected chi connectivity index (χ4v) is 4.25. The van der Waals surface area contributed by atoms with Crippen molar-refractivity contribution in [2.75, 3.05) is 11.9 Å². The molecular weight excluding hydrogens is 514 g/mol. The highest BCUT2D eigenvalue weighted by molar-refractivity contribution is 6.04. The number of benzene rings is 3. The summed E-state index contributed by atoms with van der Waals surface area (Å²) in [6.07, 6.45) is -10.3. The van der Waals surface area contributed by atoms with Crippen LogP contribution in [-0.2, 0) is 22.6 Å². The SMILES string of the molecule is CCC(C)(C(=O)N(C)c1cc([N+](=O)[O-])ccc1-c1ccccc1C)c1cc(C(F)(F)F)cc(C(F)(F)F)c1. The fourth-order valence-electron chi connectivity index (χ4n) is 4.25. The summed E-state index contributed by atoms with van der Waals surface area (Å²) < 4.78 is 81.1. The highest BCUT2D eigenvalue weighted by atomic mass is 19.4. The van der Waals surface area contributed by atoms with E-state index in [0.29, 0.717) is 23.3 Å². The zero-order chi connectivity index (χ0) is 28.6. The van der Waals surface area contributed by atoms with Crippen LogP contribution >= 0.6 is 0 Å². The van der Waals surface area contributed by atoms with Crippen molar-refractivity contribution in [1.29, 1.82) is 0 Å². The topological polar surface area (TPSA) is 63.5 Å². The first-order valence-corrected chi connectivity index (χ1v) is 11.4. The minimum absolute atomic E-state index is 0.00457. The number of hydrogen-bond donors (Lipinski definition) is 0. The Morgan fingerprint density at radius 3 is 1.87 bits per heavy atom. The van der Waals surface area contributed by atoms with Crippen molar-refractivity contribution in [3.05, 3.63) is 93.0 Å². The average Bonchev–Trinajstić information content (AvgIpc) is 2.86. The Balaban J connectivity index is 2.23. The molecule has 0 saturated carbocycles. The number of hydrogen-bond acceptors (Lipinski definition) is 3. The maximum atomic E-state index is 13.9. The van der Waals surface area contributed by atoms with E-state index in [1.54, 1.807) is 31.2 Å². The van der Waals surface area contributed by atoms with E-state index in [4.69, 9.17) is 0 Å². The fraction of sp³-hybridized carbons (Fsp3) is 0.296. The summed E-state index contributed by atoms with van der Waals surface area (Å²) in [6, 6.07) is 12.0. The van der Waals surface area contributed by atoms with Crippen LogP contribution < -0.4 is 4.90 Å². The smallest absolute Gasteiger partial charge is 0.314 e. The van der Waals surface area contributed by atoms with Crippen LogP contribution in [0.2, 0.25) is 0 Å². The Kier molecular flexibility index (Phi) is 7.63. The number of nitrogens with zero attached hydrogens (tertiary/aromatic N) is 2. The highest BCUT2D eigenvalue weighted by Crippen LogP contribution is 2.42. The maximum Gasteiger partial charge on any atom is 0.416 e. The van der Waals surface area contributed by atoms with E-state index >= 15 is 0 Å². The van der Waals surface area contributed by atoms with Gasteiger partial charge in [0.1, 0.15) is 0 Å². The molecule has 0 aliphatic carbocycles. The van der Waals surface area contributed by atoms with Gasteiger partial charge in [-0.25, -0.2) is 0 Å². The zero-order valence-corrected chi connectivity index (χ0v) is 20.9. The summed E-state index contributed by atoms with van der Waals surface area (Å²) in [5.41, 5.74) is -3.76. The second-order valence-corrected chi connectivity index (χ2v) is 9.12. The molecule has 202 valence electrons. The molecule has 0 aliphatic rings. The number of alkyl halides is 6. The number of nitro groups is 1. The van der Waals surface area contributed by atoms with Gasteiger partial charge in [-0.3, -0.25) is 14.9 Å². The normalized spacial score (nSPS) is 13.6. The van der Waals surface area contributed by atoms with Gasteiger partial charge in [-0.15, -0.1) is 0 Å². The van der Waals surface area contributed by atoms with E-state index in [9.17, 15) is 41.3 Å². The third-order valence-corrected chi connectivity index (χ3v) is 6.70. The van der Waals surface area contributed by atoms with Crippen molar-refractivity contribution in [2.24, 2.45) is 0 Å². The number of aryl methyl sites for hydroxylation is 1. The standard InChI is InChI=1S/C27H24F6N2O3/c1-5-25(3,17-12-18(26(28,29)30)14-19(13-17)27(31,32)33)24(36)34(4)23-15-20(35(37)38)10-11-22(23)21-9-7-6-8-16(21)2/h6-15H,5H2,1-4H3. The Bertz CT molecular complexity index is 1350. The molecule has 11 heteroatoms. The molecular formula is C27H24F6N2O3. The van der Waals surface area contributed by atoms with E-state index < -0.39 is 45.3 Å². The molecule has 0 aliphatic heterocycles. The number of carbonyl (C=O) groups is 1. The van der Waals surface area contributed by atoms with E-state index in [1.807, 2.05) is 0 Å². The minimum Gasteiger partial charge on any atom is -0.314 e. The van der Waals surface area contributed by atoms with E-state index in [0.717, 1.165) is 16.5 Å². The van der Waals surface area contributed by atoms with Crippen molar-refractivity contribution in [2.45, 2.75) is 45.0 Å². The summed E-state index contributed by atoms with van der Waals surface area (Å²) in [6.45, 7) is 4.51. The molecule has 0 fully saturated rings. The Labute approximate surface area is 214 Å². The lowest BCUT2D eigenvalue weighted by atomic mass is 9.77. The first kappa shape index (κ1) is 28.7. The molecule has 0 spiro atoms. The Hall–Kier alpha value is -3.89. The number of likely N-dealkylation sites (N-methyl/N-ethyl adjacent to an activating group) is 1. The molecule has 0 saturated heterocycles. The van der Waals surface area contributed by atoms with Gasteiger partial charge >= 0.3 is 12.4 Å². The van der Waals surface area contributed by atoms with Crippen LogP contribution in [0.15, 0.2) is 60.7 Å². The van der Waals surface area contributed by atoms with Gasteiger partial charge in [0, 0.05) is 24.7 Å². The predicted molar refractivity (Wildman–Crippen MR) is 131 cm³/mol. The minimum atomic E-state index is -5.09. The summed E-state index contributed by atoms with van der Waals surface area (Å²) in [5, 5.41) is 11.5. The van der Waals surface area contributed by atoms with E-state index in [2.05, 4.69) is 0 Å². The van der Waals surface area contributed by atoms with Gasteiger partial charge in [0.2, 0.25) is 5.91 Å². The van der Waals surface area contributed by atoms with E-state index in [-0.39, 0.29) is 23.9 Å². The van der Waals surface area contributed by atoms with Crippen LogP contribution in [0.25, 0.3) is 11.1 Å². The first-order chi connectivity index (χ1) is 17.5. The zero-order valence-electron chi connectivity index (χ0n) is 20.9. The molecule has 0 radical (unpaired) electrons. The predicted octanol–water partition coefficient (Wildman–Crippen LogP) is 7.94. The van der Waals surface area contributed by atoms with Crippen LogP contribution in [0.1, 0.15) is 42.5 Å². The quantitative estimate of drug-likeness (QED) is 0.182. The second kappa shape index (κ2) is 10.1. The lowest BCUT2D eigenvalue weighted by molar-refractivity contribution is -0.384. The molecule has 3 rings (SSSR count). The van der Waals surface area contributed by atoms with Gasteiger partial charge < -0.3 is 4.90 Å². The van der Waals surface area contributed by atoms with Crippen LogP contribution in [0.5, 0.6) is 0 Å². The van der Waals surface area contributed by atoms with Gasteiger partial charge in [0.05, 0.1) is 27.2 Å². The van der Waals surface area contributed by atoms with Crippen molar-refractivity contribution < 1.29 is 36.1 Å². The number of anilines is 1. The molecule has 3 aromatic rings. The van der Waals surface area contributed by atoms with Crippen molar-refractivity contribution >= 4 is 17.3 Å². The first-order valence-electron chi connectivity index (χ1n) is 11.4. The largest absolute Gasteiger partial charge is 0.416 e. The number of non-ortho nitro benzene ring substituents is 1. The molecule has 1 amide bonds. The van der Waals surface area contributed by atoms with Crippen molar-refractivity contribution in [1.82, 2.24) is 0 Å². The van der Waals surface area contributed by atoms with Crippen molar-refractivity contribution in [3.63, 3.8) is 0 Å². The van der Waals surface area contributed by atoms with Crippen LogP contribution in [0.4, 0.5) is 37.7 Å². The van der Waals surface area contributed by atoms with Gasteiger partial charge in [0.15, 0.2) is 0 Å². The number of halogens is 6. The molecule has 1 unspecified atom stereocenters. The highest BCUT2D eigenvalue weighted by Gasteiger charge is 2.42. The number of amides is 1. The number of nitro benzene ring substituents is 1. The second-order valence-electron chi connectivity index (χ2n) is 9.12. The van der Waals surface area contributed by atoms with Gasteiger partial charge in [0.25, 0.3) is 5.69 Å². The molecule has 3 aromatic carbocycles. The molecule has 38 heavy (non-hydrogen) atoms. The summed E-state index contributed by atoms with van der Waals surface area (Å²) in [5.74, 6) is -0.831. The van der Waals surface area contributed by atoms with Crippen molar-refractivity contribution in [3.8, 4) is 11.1 Å². The third-order valence-electron chi connectivity index (χ3n) is 6.70. The van der Waals surface area contributed by atoms with Gasteiger partial charge in [-0.2, -0.15) is 26.3 Å². The molecule has 0 N–H and O–H groups in total. The Morgan fingerprint density at radius 2 is 1.39 bits per heavy atom. The molecule has 1 atom stereocenters. The lowest BCUT2D eigenvalue weighted by Crippen LogP contribution is -2.43. The number of carbonyl (C=O) groups excluding carboxylic acids is 1. The summed E-state index contributed by atoms with van der Waals surface area (Å²) >= 11 is 0. The summed E-state index contributed by atoms with van der Waals surface area (Å²) in [7, 11) is 1.29. The monoisotopic (exact) mass is 538 g/mol. The van der Waals surface area contributed by atoms with E-state index in [1.165, 1.54) is 33.0 Å². The molecule has 5 nitrogen and oxygen atoms in total. The van der Waals surface area contributed by atoms with Gasteiger partial charge in [-0.1, -0.05) is 31.2 Å². The molecule has 0 bridgehead atoms. The third kappa shape index (κ3) is 5.51. The van der Waals surface area contributed by atoms with Crippen LogP contribution in [0.3, 0.4) is 0 Å². The molecule has 0 heterocycles. The van der Waals surface area contributed by atoms with Gasteiger partial charge in [-0.05, 0) is 61.2 Å².